The van der Waals surface area contributed by atoms with E-state index in [-0.39, 0.29) is 5.91 Å². The molecule has 5 nitrogen and oxygen atoms in total. The number of nitrogens with two attached hydrogens (primary N) is 1. The van der Waals surface area contributed by atoms with Gasteiger partial charge in [0.2, 0.25) is 0 Å². The smallest absolute Gasteiger partial charge is 0.253 e. The third-order valence-electron chi connectivity index (χ3n) is 3.06. The van der Waals surface area contributed by atoms with Gasteiger partial charge in [0, 0.05) is 17.3 Å². The van der Waals surface area contributed by atoms with Crippen molar-refractivity contribution < 1.29 is 9.53 Å². The summed E-state index contributed by atoms with van der Waals surface area (Å²) in [4.78, 5) is 12.2. The minimum Gasteiger partial charge on any atom is -0.495 e. The molecule has 0 aliphatic carbocycles. The Morgan fingerprint density at radius 3 is 2.68 bits per heavy atom. The molecule has 0 radical (unpaired) electrons. The molecular formula is C16H18ClN3O2. The van der Waals surface area contributed by atoms with Crippen LogP contribution in [0.3, 0.4) is 0 Å². The van der Waals surface area contributed by atoms with Crippen LogP contribution >= 0.6 is 11.6 Å². The molecule has 0 atom stereocenters. The summed E-state index contributed by atoms with van der Waals surface area (Å²) >= 11 is 6.02. The van der Waals surface area contributed by atoms with E-state index in [1.54, 1.807) is 43.5 Å². The number of ether oxygens (including phenoxy) is 1. The van der Waals surface area contributed by atoms with Crippen LogP contribution in [-0.2, 0) is 0 Å². The van der Waals surface area contributed by atoms with Crippen molar-refractivity contribution in [2.24, 2.45) is 0 Å². The predicted octanol–water partition coefficient (Wildman–Crippen LogP) is 3.42. The van der Waals surface area contributed by atoms with E-state index in [0.29, 0.717) is 39.9 Å². The molecule has 0 aliphatic heterocycles. The van der Waals surface area contributed by atoms with Crippen molar-refractivity contribution in [1.29, 1.82) is 0 Å². The van der Waals surface area contributed by atoms with Gasteiger partial charge in [0.25, 0.3) is 5.91 Å². The molecule has 0 aliphatic rings. The summed E-state index contributed by atoms with van der Waals surface area (Å²) in [5.74, 6) is 0.432. The summed E-state index contributed by atoms with van der Waals surface area (Å²) in [5, 5.41) is 6.50. The van der Waals surface area contributed by atoms with Crippen LogP contribution in [0.15, 0.2) is 36.4 Å². The Hall–Kier alpha value is -2.40. The molecule has 0 fully saturated rings. The van der Waals surface area contributed by atoms with Gasteiger partial charge in [0.1, 0.15) is 5.75 Å². The van der Waals surface area contributed by atoms with Gasteiger partial charge < -0.3 is 21.1 Å². The average molecular weight is 320 g/mol. The van der Waals surface area contributed by atoms with Crippen LogP contribution in [0.2, 0.25) is 5.02 Å². The first kappa shape index (κ1) is 16.0. The minimum atomic E-state index is -0.196. The lowest BCUT2D eigenvalue weighted by molar-refractivity contribution is 0.0956. The summed E-state index contributed by atoms with van der Waals surface area (Å²) in [7, 11) is 1.57. The number of halogens is 1. The van der Waals surface area contributed by atoms with Gasteiger partial charge in [0.05, 0.1) is 24.0 Å². The SMILES string of the molecule is CCNC(=O)c1cc(N)ccc1Nc1cc(Cl)ccc1OC. The molecule has 0 heterocycles. The second-order valence-corrected chi connectivity index (χ2v) is 5.07. The van der Waals surface area contributed by atoms with Crippen molar-refractivity contribution in [3.8, 4) is 5.75 Å². The zero-order chi connectivity index (χ0) is 16.1. The van der Waals surface area contributed by atoms with Crippen molar-refractivity contribution in [2.75, 3.05) is 24.7 Å². The van der Waals surface area contributed by atoms with E-state index in [0.717, 1.165) is 0 Å². The van der Waals surface area contributed by atoms with Crippen LogP contribution in [0, 0.1) is 0 Å². The maximum atomic E-state index is 12.2. The number of amides is 1. The van der Waals surface area contributed by atoms with E-state index in [2.05, 4.69) is 10.6 Å². The predicted molar refractivity (Wildman–Crippen MR) is 90.1 cm³/mol. The molecule has 0 bridgehead atoms. The van der Waals surface area contributed by atoms with E-state index in [1.807, 2.05) is 6.92 Å². The summed E-state index contributed by atoms with van der Waals surface area (Å²) in [6.45, 7) is 2.39. The quantitative estimate of drug-likeness (QED) is 0.738. The number of nitrogens with one attached hydrogen (secondary N) is 2. The Morgan fingerprint density at radius 2 is 2.00 bits per heavy atom. The first-order chi connectivity index (χ1) is 10.5. The number of anilines is 3. The normalized spacial score (nSPS) is 10.1. The van der Waals surface area contributed by atoms with Crippen LogP contribution in [0.4, 0.5) is 17.1 Å². The number of methoxy groups -OCH3 is 1. The van der Waals surface area contributed by atoms with Gasteiger partial charge in [-0.15, -0.1) is 0 Å². The van der Waals surface area contributed by atoms with Crippen molar-refractivity contribution in [1.82, 2.24) is 5.32 Å². The fraction of sp³-hybridized carbons (Fsp3) is 0.188. The molecule has 2 rings (SSSR count). The molecule has 0 unspecified atom stereocenters. The minimum absolute atomic E-state index is 0.196. The highest BCUT2D eigenvalue weighted by molar-refractivity contribution is 6.31. The second-order valence-electron chi connectivity index (χ2n) is 4.63. The molecule has 6 heteroatoms. The van der Waals surface area contributed by atoms with Gasteiger partial charge in [-0.1, -0.05) is 11.6 Å². The average Bonchev–Trinajstić information content (AvgIpc) is 2.49. The lowest BCUT2D eigenvalue weighted by Gasteiger charge is -2.15. The number of rotatable bonds is 5. The molecule has 0 spiro atoms. The van der Waals surface area contributed by atoms with Crippen LogP contribution in [0.5, 0.6) is 5.75 Å². The highest BCUT2D eigenvalue weighted by atomic mass is 35.5. The van der Waals surface area contributed by atoms with Crippen molar-refractivity contribution >= 4 is 34.6 Å². The fourth-order valence-corrected chi connectivity index (χ4v) is 2.21. The first-order valence-electron chi connectivity index (χ1n) is 6.83. The van der Waals surface area contributed by atoms with Crippen LogP contribution in [0.25, 0.3) is 0 Å². The van der Waals surface area contributed by atoms with Crippen molar-refractivity contribution in [2.45, 2.75) is 6.92 Å². The fourth-order valence-electron chi connectivity index (χ4n) is 2.04. The van der Waals surface area contributed by atoms with Gasteiger partial charge in [0.15, 0.2) is 0 Å². The molecule has 4 N–H and O–H groups in total. The van der Waals surface area contributed by atoms with E-state index in [1.165, 1.54) is 0 Å². The number of carbonyl (C=O) groups excluding carboxylic acids is 1. The Bertz CT molecular complexity index is 689. The summed E-state index contributed by atoms with van der Waals surface area (Å²) < 4.78 is 5.30. The van der Waals surface area contributed by atoms with Gasteiger partial charge in [-0.05, 0) is 43.3 Å². The molecule has 0 saturated carbocycles. The van der Waals surface area contributed by atoms with Crippen molar-refractivity contribution in [3.05, 3.63) is 47.0 Å². The third kappa shape index (κ3) is 3.62. The summed E-state index contributed by atoms with van der Waals surface area (Å²) in [5.41, 5.74) is 8.06. The molecule has 1 amide bonds. The Labute approximate surface area is 134 Å². The Balaban J connectivity index is 2.41. The number of hydrogen-bond donors (Lipinski definition) is 3. The highest BCUT2D eigenvalue weighted by Crippen LogP contribution is 2.32. The Kier molecular flexibility index (Phi) is 5.12. The number of nitrogen functional groups attached to an aromatic ring is 1. The Morgan fingerprint density at radius 1 is 1.23 bits per heavy atom. The number of benzene rings is 2. The number of hydrogen-bond acceptors (Lipinski definition) is 4. The third-order valence-corrected chi connectivity index (χ3v) is 3.29. The monoisotopic (exact) mass is 319 g/mol. The largest absolute Gasteiger partial charge is 0.495 e. The standard InChI is InChI=1S/C16H18ClN3O2/c1-3-19-16(21)12-9-11(18)5-6-13(12)20-14-8-10(17)4-7-15(14)22-2/h4-9,20H,3,18H2,1-2H3,(H,19,21). The zero-order valence-electron chi connectivity index (χ0n) is 12.4. The topological polar surface area (TPSA) is 76.4 Å². The van der Waals surface area contributed by atoms with Crippen LogP contribution in [-0.4, -0.2) is 19.6 Å². The zero-order valence-corrected chi connectivity index (χ0v) is 13.2. The molecular weight excluding hydrogens is 302 g/mol. The summed E-state index contributed by atoms with van der Waals surface area (Å²) in [6.07, 6.45) is 0. The van der Waals surface area contributed by atoms with Gasteiger partial charge in [-0.25, -0.2) is 0 Å². The van der Waals surface area contributed by atoms with E-state index in [9.17, 15) is 4.79 Å². The second kappa shape index (κ2) is 7.04. The van der Waals surface area contributed by atoms with Crippen LogP contribution in [0.1, 0.15) is 17.3 Å². The molecule has 116 valence electrons. The lowest BCUT2D eigenvalue weighted by Crippen LogP contribution is -2.23. The highest BCUT2D eigenvalue weighted by Gasteiger charge is 2.13. The molecule has 2 aromatic carbocycles. The van der Waals surface area contributed by atoms with E-state index < -0.39 is 0 Å². The molecule has 22 heavy (non-hydrogen) atoms. The molecule has 0 aromatic heterocycles. The molecule has 0 saturated heterocycles. The lowest BCUT2D eigenvalue weighted by atomic mass is 10.1. The van der Waals surface area contributed by atoms with Gasteiger partial charge in [-0.3, -0.25) is 4.79 Å². The van der Waals surface area contributed by atoms with Crippen molar-refractivity contribution in [3.63, 3.8) is 0 Å². The molecule has 2 aromatic rings. The van der Waals surface area contributed by atoms with Gasteiger partial charge >= 0.3 is 0 Å². The summed E-state index contributed by atoms with van der Waals surface area (Å²) in [6, 6.07) is 10.3. The van der Waals surface area contributed by atoms with Crippen LogP contribution < -0.4 is 21.1 Å². The van der Waals surface area contributed by atoms with E-state index >= 15 is 0 Å². The van der Waals surface area contributed by atoms with Gasteiger partial charge in [-0.2, -0.15) is 0 Å². The maximum absolute atomic E-state index is 12.2. The van der Waals surface area contributed by atoms with E-state index in [4.69, 9.17) is 22.1 Å². The number of carbonyl (C=O) groups is 1. The first-order valence-corrected chi connectivity index (χ1v) is 7.21. The maximum Gasteiger partial charge on any atom is 0.253 e.